The molecule has 0 spiro atoms. The van der Waals surface area contributed by atoms with Crippen LogP contribution < -0.4 is 0 Å². The summed E-state index contributed by atoms with van der Waals surface area (Å²) in [6, 6.07) is 6.28. The van der Waals surface area contributed by atoms with Crippen LogP contribution in [0.2, 0.25) is 0 Å². The average Bonchev–Trinajstić information content (AvgIpc) is 3.44. The van der Waals surface area contributed by atoms with Crippen molar-refractivity contribution in [3.8, 4) is 0 Å². The molecule has 3 aromatic rings. The number of hydrogen-bond donors (Lipinski definition) is 0. The molecule has 29 heavy (non-hydrogen) atoms. The maximum atomic E-state index is 4.83. The van der Waals surface area contributed by atoms with Gasteiger partial charge in [-0.3, -0.25) is 0 Å². The number of nitrogens with zero attached hydrogens (tertiary/aromatic N) is 6. The first-order valence-corrected chi connectivity index (χ1v) is 13.3. The van der Waals surface area contributed by atoms with Gasteiger partial charge in [-0.15, -0.1) is 0 Å². The molecule has 0 radical (unpaired) electrons. The van der Waals surface area contributed by atoms with Gasteiger partial charge in [0.15, 0.2) is 0 Å². The van der Waals surface area contributed by atoms with Crippen molar-refractivity contribution in [2.45, 2.75) is 72.0 Å². The molecule has 3 heterocycles. The second kappa shape index (κ2) is 11.8. The summed E-state index contributed by atoms with van der Waals surface area (Å²) in [7, 11) is 9.59. The predicted molar refractivity (Wildman–Crippen MR) is 115 cm³/mol. The molecule has 3 aromatic heterocycles. The summed E-state index contributed by atoms with van der Waals surface area (Å²) in [4.78, 5) is 0. The van der Waals surface area contributed by atoms with E-state index in [2.05, 4.69) is 45.9 Å². The van der Waals surface area contributed by atoms with Gasteiger partial charge in [-0.2, -0.15) is 15.3 Å². The SMILES string of the molecule is CCCc1ccn(C(C)(n2ccc(CCC)n2)n2ccc(CCC)n2)n1.[Cl][Mn][Cl]. The number of halogens is 2. The van der Waals surface area contributed by atoms with E-state index >= 15 is 0 Å². The van der Waals surface area contributed by atoms with Crippen LogP contribution >= 0.6 is 20.2 Å². The molecule has 3 rings (SSSR count). The van der Waals surface area contributed by atoms with Gasteiger partial charge in [0.2, 0.25) is 5.79 Å². The molecule has 9 heteroatoms. The molecule has 6 nitrogen and oxygen atoms in total. The molecule has 0 atom stereocenters. The van der Waals surface area contributed by atoms with Crippen molar-refractivity contribution in [2.24, 2.45) is 0 Å². The molecule has 0 aromatic carbocycles. The summed E-state index contributed by atoms with van der Waals surface area (Å²) in [5.74, 6) is -0.649. The number of rotatable bonds is 9. The second-order valence-corrected chi connectivity index (χ2v) is 8.98. The first-order valence-electron chi connectivity index (χ1n) is 10.0. The van der Waals surface area contributed by atoms with Crippen LogP contribution in [0.5, 0.6) is 0 Å². The van der Waals surface area contributed by atoms with E-state index in [0.29, 0.717) is 0 Å². The summed E-state index contributed by atoms with van der Waals surface area (Å²) in [5, 5.41) is 14.5. The molecule has 0 fully saturated rings. The van der Waals surface area contributed by atoms with Crippen LogP contribution in [0.4, 0.5) is 0 Å². The molecule has 0 bridgehead atoms. The molecular weight excluding hydrogens is 450 g/mol. The molecule has 0 saturated heterocycles. The van der Waals surface area contributed by atoms with Gasteiger partial charge < -0.3 is 0 Å². The Morgan fingerprint density at radius 3 is 1.24 bits per heavy atom. The molecule has 0 amide bonds. The third-order valence-electron chi connectivity index (χ3n) is 4.75. The van der Waals surface area contributed by atoms with Gasteiger partial charge in [0.25, 0.3) is 0 Å². The predicted octanol–water partition coefficient (Wildman–Crippen LogP) is 5.24. The molecule has 0 aliphatic heterocycles. The Hall–Kier alpha value is -1.27. The van der Waals surface area contributed by atoms with Crippen molar-refractivity contribution < 1.29 is 13.1 Å². The monoisotopic (exact) mass is 479 g/mol. The van der Waals surface area contributed by atoms with Crippen LogP contribution in [0.15, 0.2) is 36.8 Å². The Balaban J connectivity index is 0.000000941. The van der Waals surface area contributed by atoms with Crippen LogP contribution in [-0.4, -0.2) is 29.3 Å². The van der Waals surface area contributed by atoms with Gasteiger partial charge in [-0.25, -0.2) is 14.0 Å². The minimum absolute atomic E-state index is 0.00694. The van der Waals surface area contributed by atoms with Gasteiger partial charge in [0, 0.05) is 25.5 Å². The van der Waals surface area contributed by atoms with Crippen LogP contribution in [0.25, 0.3) is 0 Å². The third kappa shape index (κ3) is 5.88. The number of aromatic nitrogens is 6. The molecule has 161 valence electrons. The van der Waals surface area contributed by atoms with E-state index in [4.69, 9.17) is 35.5 Å². The fraction of sp³-hybridized carbons (Fsp3) is 0.550. The van der Waals surface area contributed by atoms with E-state index in [1.807, 2.05) is 32.6 Å². The molecule has 0 unspecified atom stereocenters. The normalized spacial score (nSPS) is 11.4. The Kier molecular flexibility index (Phi) is 9.76. The van der Waals surface area contributed by atoms with Crippen molar-refractivity contribution in [3.63, 3.8) is 0 Å². The van der Waals surface area contributed by atoms with Crippen LogP contribution in [0, 0.1) is 0 Å². The van der Waals surface area contributed by atoms with Gasteiger partial charge in [-0.1, -0.05) is 40.0 Å². The fourth-order valence-electron chi connectivity index (χ4n) is 3.28. The maximum absolute atomic E-state index is 4.83. The van der Waals surface area contributed by atoms with Gasteiger partial charge in [0.05, 0.1) is 17.1 Å². The van der Waals surface area contributed by atoms with Crippen LogP contribution in [-0.2, 0) is 38.2 Å². The second-order valence-electron chi connectivity index (χ2n) is 7.03. The summed E-state index contributed by atoms with van der Waals surface area (Å²) in [6.07, 6.45) is 12.3. The first-order chi connectivity index (χ1) is 14.0. The molecule has 0 aliphatic carbocycles. The summed E-state index contributed by atoms with van der Waals surface area (Å²) in [6.45, 7) is 8.63. The van der Waals surface area contributed by atoms with Crippen molar-refractivity contribution >= 4 is 20.2 Å². The zero-order valence-electron chi connectivity index (χ0n) is 17.5. The Morgan fingerprint density at radius 1 is 0.724 bits per heavy atom. The van der Waals surface area contributed by atoms with Crippen molar-refractivity contribution in [2.75, 3.05) is 0 Å². The van der Waals surface area contributed by atoms with E-state index in [-0.39, 0.29) is 13.1 Å². The van der Waals surface area contributed by atoms with E-state index in [1.165, 1.54) is 0 Å². The van der Waals surface area contributed by atoms with Crippen molar-refractivity contribution in [1.82, 2.24) is 29.3 Å². The minimum atomic E-state index is -0.649. The third-order valence-corrected chi connectivity index (χ3v) is 4.75. The Bertz CT molecular complexity index is 749. The fourth-order valence-corrected chi connectivity index (χ4v) is 3.28. The van der Waals surface area contributed by atoms with Crippen LogP contribution in [0.1, 0.15) is 64.0 Å². The number of aryl methyl sites for hydroxylation is 3. The average molecular weight is 480 g/mol. The van der Waals surface area contributed by atoms with E-state index in [0.717, 1.165) is 55.6 Å². The molecule has 0 N–H and O–H groups in total. The molecule has 0 aliphatic rings. The van der Waals surface area contributed by atoms with Gasteiger partial charge in [0.1, 0.15) is 0 Å². The molecule has 0 saturated carbocycles. The van der Waals surface area contributed by atoms with Gasteiger partial charge in [-0.05, 0) is 37.5 Å². The van der Waals surface area contributed by atoms with E-state index < -0.39 is 5.79 Å². The quantitative estimate of drug-likeness (QED) is 0.394. The van der Waals surface area contributed by atoms with Crippen molar-refractivity contribution in [1.29, 1.82) is 0 Å². The zero-order chi connectivity index (χ0) is 21.3. The Labute approximate surface area is 188 Å². The van der Waals surface area contributed by atoms with Crippen molar-refractivity contribution in [3.05, 3.63) is 53.9 Å². The number of hydrogen-bond acceptors (Lipinski definition) is 3. The first kappa shape index (κ1) is 24.0. The van der Waals surface area contributed by atoms with E-state index in [9.17, 15) is 0 Å². The standard InChI is InChI=1S/C20H30N6.2ClH.Mn/c1-5-8-17-11-14-24(21-17)20(4,25-15-12-18(22-25)9-6-2)26-16-13-19(23-26)10-7-3;;;/h11-16H,5-10H2,1-4H3;2*1H;/q;;;+2/p-2. The summed E-state index contributed by atoms with van der Waals surface area (Å²) >= 11 is 0.00694. The van der Waals surface area contributed by atoms with Gasteiger partial charge >= 0.3 is 33.3 Å². The zero-order valence-corrected chi connectivity index (χ0v) is 20.2. The van der Waals surface area contributed by atoms with E-state index in [1.54, 1.807) is 0 Å². The van der Waals surface area contributed by atoms with Crippen LogP contribution in [0.3, 0.4) is 0 Å². The molecular formula is C20H30Cl2MnN6. The summed E-state index contributed by atoms with van der Waals surface area (Å²) < 4.78 is 5.93. The topological polar surface area (TPSA) is 53.5 Å². The summed E-state index contributed by atoms with van der Waals surface area (Å²) in [5.41, 5.74) is 3.29. The Morgan fingerprint density at radius 2 is 1.00 bits per heavy atom.